The summed E-state index contributed by atoms with van der Waals surface area (Å²) in [4.78, 5) is 34.6. The number of nitrogens with zero attached hydrogens (tertiary/aromatic N) is 6. The minimum Gasteiger partial charge on any atom is -0.490 e. The maximum atomic E-state index is 12.8. The third-order valence-corrected chi connectivity index (χ3v) is 8.79. The summed E-state index contributed by atoms with van der Waals surface area (Å²) >= 11 is 6.11. The predicted molar refractivity (Wildman–Crippen MR) is 150 cm³/mol. The van der Waals surface area contributed by atoms with Crippen LogP contribution in [0.15, 0.2) is 30.3 Å². The number of carbonyl (C=O) groups is 2. The van der Waals surface area contributed by atoms with Gasteiger partial charge in [-0.15, -0.1) is 15.3 Å². The molecule has 0 unspecified atom stereocenters. The van der Waals surface area contributed by atoms with Crippen LogP contribution in [0, 0.1) is 16.7 Å². The minimum absolute atomic E-state index is 0.0375. The molecule has 3 aliphatic heterocycles. The standard InChI is InChI=1S/C29H34ClN7O4/c30-24-14-23(7-4-20(24)15-31)40-22-8-5-21(6-9-22)32-27(38)25-10-11-26(34-33-25)36-16-29(17-36)18-37(19-29)41-28(39)35-12-2-1-3-13-35/h4,7,10-11,14,21-22H,1-3,5-6,8-9,12-13,16-19H2,(H,32,38). The zero-order chi connectivity index (χ0) is 28.4. The molecule has 4 aliphatic rings. The summed E-state index contributed by atoms with van der Waals surface area (Å²) in [6.45, 7) is 4.67. The van der Waals surface area contributed by atoms with E-state index in [-0.39, 0.29) is 29.6 Å². The molecule has 216 valence electrons. The molecule has 2 aromatic rings. The van der Waals surface area contributed by atoms with Gasteiger partial charge >= 0.3 is 6.09 Å². The van der Waals surface area contributed by atoms with Crippen LogP contribution in [0.5, 0.6) is 5.75 Å². The van der Waals surface area contributed by atoms with E-state index in [4.69, 9.17) is 26.4 Å². The molecule has 41 heavy (non-hydrogen) atoms. The predicted octanol–water partition coefficient (Wildman–Crippen LogP) is 3.78. The number of nitrogens with one attached hydrogen (secondary N) is 1. The fraction of sp³-hybridized carbons (Fsp3) is 0.552. The van der Waals surface area contributed by atoms with Crippen LogP contribution in [-0.2, 0) is 4.84 Å². The summed E-state index contributed by atoms with van der Waals surface area (Å²) in [6, 6.07) is 10.7. The van der Waals surface area contributed by atoms with E-state index in [9.17, 15) is 9.59 Å². The van der Waals surface area contributed by atoms with Gasteiger partial charge < -0.3 is 24.7 Å². The Morgan fingerprint density at radius 3 is 2.41 bits per heavy atom. The molecule has 1 N–H and O–H groups in total. The van der Waals surface area contributed by atoms with Gasteiger partial charge in [0.05, 0.1) is 16.7 Å². The Morgan fingerprint density at radius 1 is 1.00 bits per heavy atom. The number of likely N-dealkylation sites (tertiary alicyclic amines) is 1. The van der Waals surface area contributed by atoms with Gasteiger partial charge in [-0.3, -0.25) is 4.79 Å². The summed E-state index contributed by atoms with van der Waals surface area (Å²) in [7, 11) is 0. The van der Waals surface area contributed by atoms with Crippen molar-refractivity contribution in [3.63, 3.8) is 0 Å². The number of hydrogen-bond donors (Lipinski definition) is 1. The molecule has 2 amide bonds. The van der Waals surface area contributed by atoms with Crippen molar-refractivity contribution in [3.8, 4) is 11.8 Å². The van der Waals surface area contributed by atoms with Crippen molar-refractivity contribution in [2.45, 2.75) is 57.1 Å². The molecular weight excluding hydrogens is 546 g/mol. The van der Waals surface area contributed by atoms with Crippen molar-refractivity contribution in [3.05, 3.63) is 46.6 Å². The van der Waals surface area contributed by atoms with Crippen molar-refractivity contribution >= 4 is 29.4 Å². The number of piperidine rings is 1. The highest BCUT2D eigenvalue weighted by Gasteiger charge is 2.54. The topological polar surface area (TPSA) is 124 Å². The van der Waals surface area contributed by atoms with E-state index in [1.165, 1.54) is 6.42 Å². The highest BCUT2D eigenvalue weighted by molar-refractivity contribution is 6.31. The SMILES string of the molecule is N#Cc1ccc(OC2CCC(NC(=O)c3ccc(N4CC5(CN(OC(=O)N6CCCCC6)C5)C4)nn3)CC2)cc1Cl. The Bertz CT molecular complexity index is 1310. The normalized spacial score (nSPS) is 23.6. The Balaban J connectivity index is 0.907. The van der Waals surface area contributed by atoms with Crippen LogP contribution in [-0.4, -0.2) is 83.6 Å². The van der Waals surface area contributed by atoms with Gasteiger partial charge in [0.2, 0.25) is 0 Å². The number of hydroxylamine groups is 2. The van der Waals surface area contributed by atoms with Crippen molar-refractivity contribution in [2.75, 3.05) is 44.2 Å². The monoisotopic (exact) mass is 579 g/mol. The molecule has 6 rings (SSSR count). The largest absolute Gasteiger partial charge is 0.490 e. The highest BCUT2D eigenvalue weighted by atomic mass is 35.5. The van der Waals surface area contributed by atoms with E-state index >= 15 is 0 Å². The van der Waals surface area contributed by atoms with E-state index in [1.807, 2.05) is 12.1 Å². The molecule has 1 aromatic heterocycles. The van der Waals surface area contributed by atoms with E-state index in [0.29, 0.717) is 22.0 Å². The summed E-state index contributed by atoms with van der Waals surface area (Å²) < 4.78 is 6.04. The molecule has 1 aliphatic carbocycles. The van der Waals surface area contributed by atoms with Crippen molar-refractivity contribution < 1.29 is 19.2 Å². The number of benzene rings is 1. The number of amides is 2. The first kappa shape index (κ1) is 27.5. The van der Waals surface area contributed by atoms with Gasteiger partial charge in [0.25, 0.3) is 5.91 Å². The van der Waals surface area contributed by atoms with Crippen LogP contribution in [0.4, 0.5) is 10.6 Å². The zero-order valence-electron chi connectivity index (χ0n) is 22.9. The first-order valence-corrected chi connectivity index (χ1v) is 14.8. The maximum absolute atomic E-state index is 12.8. The summed E-state index contributed by atoms with van der Waals surface area (Å²) in [5.41, 5.74) is 0.844. The Hall–Kier alpha value is -3.62. The fourth-order valence-corrected chi connectivity index (χ4v) is 6.40. The van der Waals surface area contributed by atoms with Gasteiger partial charge in [-0.25, -0.2) is 4.79 Å². The van der Waals surface area contributed by atoms with Crippen LogP contribution in [0.3, 0.4) is 0 Å². The van der Waals surface area contributed by atoms with Crippen LogP contribution in [0.1, 0.15) is 61.0 Å². The molecule has 0 radical (unpaired) electrons. The van der Waals surface area contributed by atoms with Crippen molar-refractivity contribution in [1.82, 2.24) is 25.5 Å². The third kappa shape index (κ3) is 6.19. The van der Waals surface area contributed by atoms with Gasteiger partial charge in [-0.1, -0.05) is 11.6 Å². The molecule has 4 fully saturated rings. The first-order valence-electron chi connectivity index (χ1n) is 14.4. The van der Waals surface area contributed by atoms with Crippen molar-refractivity contribution in [2.24, 2.45) is 5.41 Å². The zero-order valence-corrected chi connectivity index (χ0v) is 23.7. The molecule has 1 saturated carbocycles. The average Bonchev–Trinajstić information content (AvgIpc) is 2.95. The highest BCUT2D eigenvalue weighted by Crippen LogP contribution is 2.41. The Labute approximate surface area is 244 Å². The van der Waals surface area contributed by atoms with Gasteiger partial charge in [-0.05, 0) is 69.2 Å². The number of carbonyl (C=O) groups excluding carboxylic acids is 2. The number of anilines is 1. The van der Waals surface area contributed by atoms with E-state index in [2.05, 4.69) is 20.4 Å². The lowest BCUT2D eigenvalue weighted by atomic mass is 9.74. The molecule has 1 aromatic carbocycles. The summed E-state index contributed by atoms with van der Waals surface area (Å²) in [5, 5.41) is 22.7. The quantitative estimate of drug-likeness (QED) is 0.544. The average molecular weight is 580 g/mol. The molecule has 0 bridgehead atoms. The van der Waals surface area contributed by atoms with Crippen LogP contribution in [0.25, 0.3) is 0 Å². The Kier molecular flexibility index (Phi) is 7.86. The molecular formula is C29H34ClN7O4. The van der Waals surface area contributed by atoms with E-state index < -0.39 is 0 Å². The van der Waals surface area contributed by atoms with E-state index in [1.54, 1.807) is 34.2 Å². The van der Waals surface area contributed by atoms with Crippen LogP contribution in [0.2, 0.25) is 5.02 Å². The number of halogens is 1. The van der Waals surface area contributed by atoms with Crippen molar-refractivity contribution in [1.29, 1.82) is 5.26 Å². The number of hydrogen-bond acceptors (Lipinski definition) is 9. The number of ether oxygens (including phenoxy) is 1. The first-order chi connectivity index (χ1) is 19.9. The van der Waals surface area contributed by atoms with Crippen LogP contribution >= 0.6 is 11.6 Å². The third-order valence-electron chi connectivity index (χ3n) is 8.48. The smallest absolute Gasteiger partial charge is 0.428 e. The number of rotatable bonds is 6. The maximum Gasteiger partial charge on any atom is 0.428 e. The molecule has 1 spiro atoms. The summed E-state index contributed by atoms with van der Waals surface area (Å²) in [6.07, 6.45) is 6.28. The Morgan fingerprint density at radius 2 is 1.76 bits per heavy atom. The van der Waals surface area contributed by atoms with E-state index in [0.717, 1.165) is 83.6 Å². The second-order valence-electron chi connectivity index (χ2n) is 11.7. The lowest BCUT2D eigenvalue weighted by molar-refractivity contribution is -0.219. The molecule has 4 heterocycles. The van der Waals surface area contributed by atoms with Gasteiger partial charge in [0.1, 0.15) is 11.8 Å². The molecule has 0 atom stereocenters. The minimum atomic E-state index is -0.231. The number of aromatic nitrogens is 2. The summed E-state index contributed by atoms with van der Waals surface area (Å²) in [5.74, 6) is 1.17. The second kappa shape index (κ2) is 11.7. The van der Waals surface area contributed by atoms with Crippen LogP contribution < -0.4 is 15.0 Å². The number of nitriles is 1. The second-order valence-corrected chi connectivity index (χ2v) is 12.1. The van der Waals surface area contributed by atoms with Gasteiger partial charge in [0, 0.05) is 56.8 Å². The lowest BCUT2D eigenvalue weighted by Gasteiger charge is -2.59. The molecule has 11 nitrogen and oxygen atoms in total. The lowest BCUT2D eigenvalue weighted by Crippen LogP contribution is -2.72. The fourth-order valence-electron chi connectivity index (χ4n) is 6.19. The molecule has 3 saturated heterocycles. The molecule has 12 heteroatoms. The van der Waals surface area contributed by atoms with Gasteiger partial charge in [0.15, 0.2) is 11.5 Å². The van der Waals surface area contributed by atoms with Gasteiger partial charge in [-0.2, -0.15) is 5.26 Å².